The third kappa shape index (κ3) is 3.06. The standard InChI is InChI=1S/C19H24N4O2/c1-23-17(11-24)21-22-18(23)15-9-16(10-15)20-19(25)14-7-6-12-4-2-3-5-13(12)8-14/h6-8,15-16,24H,2-5,9-11H2,1H3,(H,20,25). The summed E-state index contributed by atoms with van der Waals surface area (Å²) in [5.41, 5.74) is 3.50. The van der Waals surface area contributed by atoms with Crippen molar-refractivity contribution in [2.45, 2.75) is 57.1 Å². The number of hydrogen-bond donors (Lipinski definition) is 2. The zero-order valence-electron chi connectivity index (χ0n) is 14.5. The van der Waals surface area contributed by atoms with Crippen molar-refractivity contribution in [3.63, 3.8) is 0 Å². The molecule has 1 saturated carbocycles. The van der Waals surface area contributed by atoms with E-state index in [2.05, 4.69) is 27.6 Å². The van der Waals surface area contributed by atoms with Crippen LogP contribution in [0.3, 0.4) is 0 Å². The van der Waals surface area contributed by atoms with Crippen molar-refractivity contribution in [3.8, 4) is 0 Å². The van der Waals surface area contributed by atoms with Crippen LogP contribution in [0.25, 0.3) is 0 Å². The number of fused-ring (bicyclic) bond motifs is 1. The molecule has 4 rings (SSSR count). The first kappa shape index (κ1) is 16.3. The highest BCUT2D eigenvalue weighted by Gasteiger charge is 2.35. The van der Waals surface area contributed by atoms with Gasteiger partial charge in [0.1, 0.15) is 12.4 Å². The SMILES string of the molecule is Cn1c(CO)nnc1C1CC(NC(=O)c2ccc3c(c2)CCCC3)C1. The van der Waals surface area contributed by atoms with E-state index in [4.69, 9.17) is 0 Å². The van der Waals surface area contributed by atoms with Gasteiger partial charge < -0.3 is 15.0 Å². The lowest BCUT2D eigenvalue weighted by atomic mass is 9.79. The van der Waals surface area contributed by atoms with Crippen LogP contribution in [0.4, 0.5) is 0 Å². The van der Waals surface area contributed by atoms with Crippen molar-refractivity contribution in [2.75, 3.05) is 0 Å². The molecule has 0 unspecified atom stereocenters. The van der Waals surface area contributed by atoms with Crippen LogP contribution in [0.15, 0.2) is 18.2 Å². The van der Waals surface area contributed by atoms with E-state index in [1.165, 1.54) is 24.0 Å². The molecule has 0 radical (unpaired) electrons. The molecule has 1 aromatic carbocycles. The van der Waals surface area contributed by atoms with Crippen molar-refractivity contribution in [2.24, 2.45) is 7.05 Å². The molecule has 0 atom stereocenters. The second-order valence-corrected chi connectivity index (χ2v) is 7.22. The summed E-state index contributed by atoms with van der Waals surface area (Å²) in [4.78, 5) is 12.5. The number of aliphatic hydroxyl groups is 1. The van der Waals surface area contributed by atoms with E-state index in [1.807, 2.05) is 17.7 Å². The number of nitrogens with one attached hydrogen (secondary N) is 1. The summed E-state index contributed by atoms with van der Waals surface area (Å²) >= 11 is 0. The van der Waals surface area contributed by atoms with Crippen LogP contribution in [0.1, 0.15) is 64.7 Å². The van der Waals surface area contributed by atoms with Gasteiger partial charge in [-0.1, -0.05) is 6.07 Å². The smallest absolute Gasteiger partial charge is 0.251 e. The van der Waals surface area contributed by atoms with Gasteiger partial charge in [-0.25, -0.2) is 0 Å². The Morgan fingerprint density at radius 2 is 2.00 bits per heavy atom. The van der Waals surface area contributed by atoms with Crippen molar-refractivity contribution < 1.29 is 9.90 Å². The Kier molecular flexibility index (Phi) is 4.29. The van der Waals surface area contributed by atoms with Crippen LogP contribution in [-0.2, 0) is 26.5 Å². The lowest BCUT2D eigenvalue weighted by molar-refractivity contribution is 0.0906. The van der Waals surface area contributed by atoms with Gasteiger partial charge in [0, 0.05) is 24.6 Å². The molecule has 1 aromatic heterocycles. The molecule has 2 aliphatic carbocycles. The van der Waals surface area contributed by atoms with Gasteiger partial charge in [0.05, 0.1) is 0 Å². The van der Waals surface area contributed by atoms with E-state index in [0.717, 1.165) is 37.1 Å². The van der Waals surface area contributed by atoms with E-state index >= 15 is 0 Å². The minimum absolute atomic E-state index is 0.0193. The van der Waals surface area contributed by atoms with Gasteiger partial charge in [0.2, 0.25) is 0 Å². The summed E-state index contributed by atoms with van der Waals surface area (Å²) in [6.07, 6.45) is 6.43. The maximum absolute atomic E-state index is 12.5. The zero-order chi connectivity index (χ0) is 17.4. The van der Waals surface area contributed by atoms with Crippen LogP contribution in [0.2, 0.25) is 0 Å². The van der Waals surface area contributed by atoms with Gasteiger partial charge in [-0.2, -0.15) is 0 Å². The number of benzene rings is 1. The molecular weight excluding hydrogens is 316 g/mol. The Morgan fingerprint density at radius 3 is 2.72 bits per heavy atom. The summed E-state index contributed by atoms with van der Waals surface area (Å²) in [5.74, 6) is 1.79. The largest absolute Gasteiger partial charge is 0.388 e. The predicted molar refractivity (Wildman–Crippen MR) is 93.2 cm³/mol. The predicted octanol–water partition coefficient (Wildman–Crippen LogP) is 1.86. The summed E-state index contributed by atoms with van der Waals surface area (Å²) in [6.45, 7) is -0.102. The lowest BCUT2D eigenvalue weighted by Crippen LogP contribution is -2.44. The number of hydrogen-bond acceptors (Lipinski definition) is 4. The summed E-state index contributed by atoms with van der Waals surface area (Å²) in [5, 5.41) is 20.5. The zero-order valence-corrected chi connectivity index (χ0v) is 14.5. The minimum Gasteiger partial charge on any atom is -0.388 e. The van der Waals surface area contributed by atoms with E-state index in [0.29, 0.717) is 11.7 Å². The number of rotatable bonds is 4. The Labute approximate surface area is 147 Å². The maximum atomic E-state index is 12.5. The van der Waals surface area contributed by atoms with E-state index in [1.54, 1.807) is 0 Å². The number of aliphatic hydroxyl groups excluding tert-OH is 1. The summed E-state index contributed by atoms with van der Waals surface area (Å²) in [7, 11) is 1.87. The number of carbonyl (C=O) groups is 1. The minimum atomic E-state index is -0.102. The molecule has 1 amide bonds. The van der Waals surface area contributed by atoms with Gasteiger partial charge in [0.25, 0.3) is 5.91 Å². The third-order valence-corrected chi connectivity index (χ3v) is 5.59. The normalized spacial score (nSPS) is 22.2. The topological polar surface area (TPSA) is 80.0 Å². The van der Waals surface area contributed by atoms with Crippen molar-refractivity contribution in [1.29, 1.82) is 0 Å². The van der Waals surface area contributed by atoms with Crippen LogP contribution in [-0.4, -0.2) is 31.8 Å². The molecule has 2 N–H and O–H groups in total. The number of nitrogens with zero attached hydrogens (tertiary/aromatic N) is 3. The van der Waals surface area contributed by atoms with Crippen LogP contribution >= 0.6 is 0 Å². The lowest BCUT2D eigenvalue weighted by Gasteiger charge is -2.35. The average molecular weight is 340 g/mol. The number of aryl methyl sites for hydroxylation is 2. The first-order valence-corrected chi connectivity index (χ1v) is 9.07. The highest BCUT2D eigenvalue weighted by Crippen LogP contribution is 2.36. The molecule has 2 aliphatic rings. The summed E-state index contributed by atoms with van der Waals surface area (Å²) in [6, 6.07) is 6.31. The second kappa shape index (κ2) is 6.59. The molecule has 0 bridgehead atoms. The Morgan fingerprint density at radius 1 is 1.24 bits per heavy atom. The molecule has 1 fully saturated rings. The first-order valence-electron chi connectivity index (χ1n) is 9.07. The highest BCUT2D eigenvalue weighted by molar-refractivity contribution is 5.94. The molecule has 2 aromatic rings. The molecule has 6 nitrogen and oxygen atoms in total. The van der Waals surface area contributed by atoms with Gasteiger partial charge in [-0.05, 0) is 61.8 Å². The maximum Gasteiger partial charge on any atom is 0.251 e. The second-order valence-electron chi connectivity index (χ2n) is 7.22. The fourth-order valence-corrected chi connectivity index (χ4v) is 3.96. The van der Waals surface area contributed by atoms with E-state index in [-0.39, 0.29) is 18.6 Å². The first-order chi connectivity index (χ1) is 12.2. The molecule has 25 heavy (non-hydrogen) atoms. The molecule has 1 heterocycles. The molecular formula is C19H24N4O2. The fraction of sp³-hybridized carbons (Fsp3) is 0.526. The molecule has 0 saturated heterocycles. The Bertz CT molecular complexity index is 793. The number of carbonyl (C=O) groups excluding carboxylic acids is 1. The molecule has 0 spiro atoms. The Balaban J connectivity index is 1.36. The average Bonchev–Trinajstić information content (AvgIpc) is 2.97. The van der Waals surface area contributed by atoms with Crippen molar-refractivity contribution in [3.05, 3.63) is 46.5 Å². The summed E-state index contributed by atoms with van der Waals surface area (Å²) < 4.78 is 1.85. The van der Waals surface area contributed by atoms with Gasteiger partial charge in [0.15, 0.2) is 5.82 Å². The van der Waals surface area contributed by atoms with Crippen LogP contribution in [0, 0.1) is 0 Å². The number of amides is 1. The van der Waals surface area contributed by atoms with Gasteiger partial charge >= 0.3 is 0 Å². The molecule has 132 valence electrons. The Hall–Kier alpha value is -2.21. The van der Waals surface area contributed by atoms with Crippen molar-refractivity contribution in [1.82, 2.24) is 20.1 Å². The van der Waals surface area contributed by atoms with Crippen molar-refractivity contribution >= 4 is 5.91 Å². The molecule has 6 heteroatoms. The highest BCUT2D eigenvalue weighted by atomic mass is 16.3. The van der Waals surface area contributed by atoms with Gasteiger partial charge in [-0.15, -0.1) is 10.2 Å². The van der Waals surface area contributed by atoms with Crippen LogP contribution < -0.4 is 5.32 Å². The fourth-order valence-electron chi connectivity index (χ4n) is 3.96. The van der Waals surface area contributed by atoms with E-state index < -0.39 is 0 Å². The van der Waals surface area contributed by atoms with E-state index in [9.17, 15) is 9.90 Å². The monoisotopic (exact) mass is 340 g/mol. The third-order valence-electron chi connectivity index (χ3n) is 5.59. The quantitative estimate of drug-likeness (QED) is 0.890. The van der Waals surface area contributed by atoms with Gasteiger partial charge in [-0.3, -0.25) is 4.79 Å². The number of aromatic nitrogens is 3. The van der Waals surface area contributed by atoms with Crippen LogP contribution in [0.5, 0.6) is 0 Å². The molecule has 0 aliphatic heterocycles.